The largest absolute Gasteiger partial charge is 0.481 e. The summed E-state index contributed by atoms with van der Waals surface area (Å²) in [6, 6.07) is 5.95. The van der Waals surface area contributed by atoms with E-state index in [0.29, 0.717) is 16.1 Å². The van der Waals surface area contributed by atoms with Crippen LogP contribution in [0.2, 0.25) is 10.0 Å². The minimum atomic E-state index is -0.665. The minimum absolute atomic E-state index is 0.177. The highest BCUT2D eigenvalue weighted by Gasteiger charge is 2.29. The summed E-state index contributed by atoms with van der Waals surface area (Å²) in [5.74, 6) is -0.842. The van der Waals surface area contributed by atoms with Crippen LogP contribution in [0.1, 0.15) is 45.1 Å². The van der Waals surface area contributed by atoms with Crippen LogP contribution >= 0.6 is 23.2 Å². The van der Waals surface area contributed by atoms with Crippen molar-refractivity contribution in [2.24, 2.45) is 5.92 Å². The Balaban J connectivity index is 1.95. The monoisotopic (exact) mass is 343 g/mol. The summed E-state index contributed by atoms with van der Waals surface area (Å²) in [4.78, 5) is 11.0. The van der Waals surface area contributed by atoms with Gasteiger partial charge in [0.05, 0.1) is 5.92 Å². The molecule has 0 saturated heterocycles. The molecule has 0 unspecified atom stereocenters. The minimum Gasteiger partial charge on any atom is -0.481 e. The molecule has 122 valence electrons. The molecule has 2 N–H and O–H groups in total. The Labute approximate surface area is 142 Å². The van der Waals surface area contributed by atoms with E-state index in [9.17, 15) is 4.79 Å². The van der Waals surface area contributed by atoms with Gasteiger partial charge in [0.1, 0.15) is 0 Å². The highest BCUT2D eigenvalue weighted by molar-refractivity contribution is 6.36. The van der Waals surface area contributed by atoms with Gasteiger partial charge >= 0.3 is 5.97 Å². The molecule has 0 radical (unpaired) electrons. The van der Waals surface area contributed by atoms with Crippen LogP contribution in [-0.2, 0) is 10.2 Å². The normalized spacial score (nSPS) is 22.5. The maximum atomic E-state index is 11.0. The molecule has 0 amide bonds. The summed E-state index contributed by atoms with van der Waals surface area (Å²) in [6.45, 7) is 5.00. The van der Waals surface area contributed by atoms with E-state index in [1.807, 2.05) is 18.2 Å². The van der Waals surface area contributed by atoms with Crippen LogP contribution < -0.4 is 5.32 Å². The quantitative estimate of drug-likeness (QED) is 0.827. The van der Waals surface area contributed by atoms with Crippen LogP contribution in [0, 0.1) is 5.92 Å². The van der Waals surface area contributed by atoms with E-state index in [1.165, 1.54) is 0 Å². The first kappa shape index (κ1) is 17.6. The zero-order valence-electron chi connectivity index (χ0n) is 13.0. The van der Waals surface area contributed by atoms with E-state index in [4.69, 9.17) is 28.3 Å². The number of nitrogens with one attached hydrogen (secondary N) is 1. The fraction of sp³-hybridized carbons (Fsp3) is 0.588. The maximum absolute atomic E-state index is 11.0. The van der Waals surface area contributed by atoms with E-state index < -0.39 is 5.97 Å². The Morgan fingerprint density at radius 2 is 1.77 bits per heavy atom. The van der Waals surface area contributed by atoms with Crippen LogP contribution in [-0.4, -0.2) is 23.7 Å². The summed E-state index contributed by atoms with van der Waals surface area (Å²) in [5.41, 5.74) is 0.782. The summed E-state index contributed by atoms with van der Waals surface area (Å²) < 4.78 is 0. The molecule has 0 aromatic heterocycles. The zero-order chi connectivity index (χ0) is 16.3. The molecule has 0 atom stereocenters. The van der Waals surface area contributed by atoms with Crippen molar-refractivity contribution >= 4 is 29.2 Å². The maximum Gasteiger partial charge on any atom is 0.306 e. The fourth-order valence-corrected chi connectivity index (χ4v) is 4.09. The van der Waals surface area contributed by atoms with E-state index >= 15 is 0 Å². The topological polar surface area (TPSA) is 49.3 Å². The van der Waals surface area contributed by atoms with Crippen LogP contribution in [0.25, 0.3) is 0 Å². The third-order valence-electron chi connectivity index (χ3n) is 4.55. The average molecular weight is 344 g/mol. The van der Waals surface area contributed by atoms with Crippen molar-refractivity contribution in [3.8, 4) is 0 Å². The second kappa shape index (κ2) is 7.20. The van der Waals surface area contributed by atoms with E-state index in [0.717, 1.165) is 37.8 Å². The van der Waals surface area contributed by atoms with Crippen molar-refractivity contribution < 1.29 is 9.90 Å². The molecule has 1 aliphatic carbocycles. The third kappa shape index (κ3) is 4.15. The van der Waals surface area contributed by atoms with Gasteiger partial charge in [-0.1, -0.05) is 43.1 Å². The lowest BCUT2D eigenvalue weighted by atomic mass is 9.82. The molecule has 0 heterocycles. The predicted octanol–water partition coefficient (Wildman–Crippen LogP) is 4.50. The van der Waals surface area contributed by atoms with Gasteiger partial charge in [0, 0.05) is 28.0 Å². The lowest BCUT2D eigenvalue weighted by Gasteiger charge is -2.33. The van der Waals surface area contributed by atoms with Gasteiger partial charge in [-0.25, -0.2) is 0 Å². The van der Waals surface area contributed by atoms with Gasteiger partial charge in [-0.05, 0) is 43.4 Å². The van der Waals surface area contributed by atoms with Crippen molar-refractivity contribution in [2.75, 3.05) is 6.54 Å². The number of aliphatic carboxylic acids is 1. The first-order valence-corrected chi connectivity index (χ1v) is 8.47. The predicted molar refractivity (Wildman–Crippen MR) is 90.9 cm³/mol. The number of rotatable bonds is 5. The molecule has 0 spiro atoms. The lowest BCUT2D eigenvalue weighted by molar-refractivity contribution is -0.142. The molecule has 1 aromatic carbocycles. The van der Waals surface area contributed by atoms with Crippen molar-refractivity contribution in [2.45, 2.75) is 51.0 Å². The van der Waals surface area contributed by atoms with Gasteiger partial charge in [0.15, 0.2) is 0 Å². The second-order valence-corrected chi connectivity index (χ2v) is 7.56. The molecular weight excluding hydrogens is 321 g/mol. The average Bonchev–Trinajstić information content (AvgIpc) is 2.45. The molecule has 3 nitrogen and oxygen atoms in total. The smallest absolute Gasteiger partial charge is 0.306 e. The van der Waals surface area contributed by atoms with Crippen LogP contribution in [0.4, 0.5) is 0 Å². The van der Waals surface area contributed by atoms with E-state index in [2.05, 4.69) is 19.2 Å². The molecule has 1 aromatic rings. The van der Waals surface area contributed by atoms with Gasteiger partial charge in [0.25, 0.3) is 0 Å². The molecule has 0 aliphatic heterocycles. The summed E-state index contributed by atoms with van der Waals surface area (Å²) >= 11 is 12.6. The molecule has 1 aliphatic rings. The number of benzene rings is 1. The van der Waals surface area contributed by atoms with Gasteiger partial charge in [-0.2, -0.15) is 0 Å². The Bertz CT molecular complexity index is 517. The lowest BCUT2D eigenvalue weighted by Crippen LogP contribution is -2.41. The highest BCUT2D eigenvalue weighted by atomic mass is 35.5. The second-order valence-electron chi connectivity index (χ2n) is 6.75. The summed E-state index contributed by atoms with van der Waals surface area (Å²) in [7, 11) is 0. The third-order valence-corrected chi connectivity index (χ3v) is 5.18. The number of halogens is 2. The molecule has 0 bridgehead atoms. The van der Waals surface area contributed by atoms with Crippen LogP contribution in [0.15, 0.2) is 18.2 Å². The van der Waals surface area contributed by atoms with Crippen molar-refractivity contribution in [1.82, 2.24) is 5.32 Å². The highest BCUT2D eigenvalue weighted by Crippen LogP contribution is 2.35. The SMILES string of the molecule is CC(C)(CNC1CCC(C(=O)O)CC1)c1c(Cl)cccc1Cl. The summed E-state index contributed by atoms with van der Waals surface area (Å²) in [6.07, 6.45) is 3.31. The zero-order valence-corrected chi connectivity index (χ0v) is 14.5. The fourth-order valence-electron chi connectivity index (χ4n) is 3.18. The van der Waals surface area contributed by atoms with Crippen molar-refractivity contribution in [3.05, 3.63) is 33.8 Å². The number of carboxylic acids is 1. The van der Waals surface area contributed by atoms with Crippen molar-refractivity contribution in [3.63, 3.8) is 0 Å². The Morgan fingerprint density at radius 1 is 1.23 bits per heavy atom. The van der Waals surface area contributed by atoms with E-state index in [-0.39, 0.29) is 11.3 Å². The van der Waals surface area contributed by atoms with E-state index in [1.54, 1.807) is 0 Å². The van der Waals surface area contributed by atoms with Gasteiger partial charge < -0.3 is 10.4 Å². The van der Waals surface area contributed by atoms with Crippen LogP contribution in [0.3, 0.4) is 0 Å². The number of hydrogen-bond acceptors (Lipinski definition) is 2. The first-order chi connectivity index (χ1) is 10.3. The first-order valence-electron chi connectivity index (χ1n) is 7.72. The van der Waals surface area contributed by atoms with Crippen LogP contribution in [0.5, 0.6) is 0 Å². The van der Waals surface area contributed by atoms with Gasteiger partial charge in [-0.15, -0.1) is 0 Å². The van der Waals surface area contributed by atoms with Gasteiger partial charge in [0.2, 0.25) is 0 Å². The molecule has 2 rings (SSSR count). The number of carbonyl (C=O) groups is 1. The number of hydrogen-bond donors (Lipinski definition) is 2. The molecule has 1 saturated carbocycles. The van der Waals surface area contributed by atoms with Gasteiger partial charge in [-0.3, -0.25) is 4.79 Å². The molecular formula is C17H23Cl2NO2. The van der Waals surface area contributed by atoms with Crippen molar-refractivity contribution in [1.29, 1.82) is 0 Å². The standard InChI is InChI=1S/C17H23Cl2NO2/c1-17(2,15-13(18)4-3-5-14(15)19)10-20-12-8-6-11(7-9-12)16(21)22/h3-5,11-12,20H,6-10H2,1-2H3,(H,21,22). The Kier molecular flexibility index (Phi) is 5.76. The molecule has 1 fully saturated rings. The molecule has 5 heteroatoms. The Hall–Kier alpha value is -0.770. The Morgan fingerprint density at radius 3 is 2.27 bits per heavy atom. The summed E-state index contributed by atoms with van der Waals surface area (Å²) in [5, 5.41) is 14.0. The number of carboxylic acid groups (broad SMARTS) is 1. The molecule has 22 heavy (non-hydrogen) atoms.